The number of ether oxygens (including phenoxy) is 2. The van der Waals surface area contributed by atoms with Gasteiger partial charge < -0.3 is 19.7 Å². The van der Waals surface area contributed by atoms with E-state index in [0.29, 0.717) is 49.0 Å². The van der Waals surface area contributed by atoms with Crippen LogP contribution >= 0.6 is 0 Å². The first-order valence-electron chi connectivity index (χ1n) is 11.4. The van der Waals surface area contributed by atoms with Gasteiger partial charge in [-0.3, -0.25) is 14.6 Å². The van der Waals surface area contributed by atoms with Crippen LogP contribution in [0.5, 0.6) is 11.5 Å². The van der Waals surface area contributed by atoms with Gasteiger partial charge in [0.15, 0.2) is 11.5 Å². The number of carbonyl (C=O) groups excluding carboxylic acids is 2. The maximum Gasteiger partial charge on any atom is 0.387 e. The molecule has 2 atom stereocenters. The topological polar surface area (TPSA) is 93.7 Å². The standard InChI is InChI=1S/C24H28F2N4O4/c1-3-28-23(32)20-8-17(12-30(20)14(2)31)19-11-27-10-18(29-19)16-6-7-21(34-24(25)26)22(9-16)33-13-15-4-5-15/h6-7,9-11,15,17,20,24H,3-5,8,12-13H2,1-2H3,(H,28,32)/t17?,20-/m1/s1. The first-order valence-corrected chi connectivity index (χ1v) is 11.4. The first kappa shape index (κ1) is 23.8. The van der Waals surface area contributed by atoms with Crippen LogP contribution in [-0.4, -0.2) is 59.0 Å². The highest BCUT2D eigenvalue weighted by Gasteiger charge is 2.39. The molecule has 2 heterocycles. The van der Waals surface area contributed by atoms with Crippen molar-refractivity contribution in [2.24, 2.45) is 5.92 Å². The molecule has 0 spiro atoms. The Morgan fingerprint density at radius 2 is 2.03 bits per heavy atom. The SMILES string of the molecule is CCNC(=O)[C@H]1CC(c2cncc(-c3ccc(OC(F)F)c(OCC4CC4)c3)n2)CN1C(C)=O. The summed E-state index contributed by atoms with van der Waals surface area (Å²) in [6.07, 6.45) is 5.78. The average Bonchev–Trinajstić information content (AvgIpc) is 3.53. The fraction of sp³-hybridized carbons (Fsp3) is 0.500. The van der Waals surface area contributed by atoms with Gasteiger partial charge >= 0.3 is 6.61 Å². The molecule has 2 fully saturated rings. The Bertz CT molecular complexity index is 1050. The number of aromatic nitrogens is 2. The number of alkyl halides is 2. The van der Waals surface area contributed by atoms with Gasteiger partial charge in [-0.15, -0.1) is 0 Å². The molecule has 2 aliphatic rings. The third kappa shape index (κ3) is 5.60. The molecule has 8 nitrogen and oxygen atoms in total. The van der Waals surface area contributed by atoms with Crippen molar-refractivity contribution in [3.05, 3.63) is 36.3 Å². The van der Waals surface area contributed by atoms with E-state index in [1.165, 1.54) is 13.0 Å². The summed E-state index contributed by atoms with van der Waals surface area (Å²) in [5.74, 6) is 0.135. The second-order valence-electron chi connectivity index (χ2n) is 8.64. The number of halogens is 2. The van der Waals surface area contributed by atoms with Gasteiger partial charge in [-0.1, -0.05) is 0 Å². The Morgan fingerprint density at radius 1 is 1.24 bits per heavy atom. The molecule has 1 saturated heterocycles. The monoisotopic (exact) mass is 474 g/mol. The maximum absolute atomic E-state index is 12.8. The molecule has 182 valence electrons. The second kappa shape index (κ2) is 10.3. The van der Waals surface area contributed by atoms with E-state index in [1.807, 2.05) is 6.92 Å². The molecule has 1 saturated carbocycles. The highest BCUT2D eigenvalue weighted by molar-refractivity contribution is 5.87. The molecule has 1 unspecified atom stereocenters. The second-order valence-corrected chi connectivity index (χ2v) is 8.64. The lowest BCUT2D eigenvalue weighted by Crippen LogP contribution is -2.45. The summed E-state index contributed by atoms with van der Waals surface area (Å²) < 4.78 is 36.0. The molecule has 1 aliphatic heterocycles. The van der Waals surface area contributed by atoms with E-state index in [9.17, 15) is 18.4 Å². The summed E-state index contributed by atoms with van der Waals surface area (Å²) in [6, 6.07) is 4.14. The van der Waals surface area contributed by atoms with Gasteiger partial charge in [0.2, 0.25) is 11.8 Å². The van der Waals surface area contributed by atoms with E-state index >= 15 is 0 Å². The zero-order valence-electron chi connectivity index (χ0n) is 19.2. The minimum atomic E-state index is -2.96. The number of carbonyl (C=O) groups is 2. The van der Waals surface area contributed by atoms with Crippen LogP contribution in [0.25, 0.3) is 11.3 Å². The van der Waals surface area contributed by atoms with Crippen LogP contribution in [0, 0.1) is 5.92 Å². The normalized spacial score (nSPS) is 19.9. The molecule has 1 aromatic carbocycles. The van der Waals surface area contributed by atoms with E-state index in [2.05, 4.69) is 15.0 Å². The van der Waals surface area contributed by atoms with Crippen LogP contribution < -0.4 is 14.8 Å². The Kier molecular flexibility index (Phi) is 7.23. The molecule has 0 radical (unpaired) electrons. The zero-order valence-corrected chi connectivity index (χ0v) is 19.2. The van der Waals surface area contributed by atoms with E-state index in [4.69, 9.17) is 9.72 Å². The van der Waals surface area contributed by atoms with Crippen LogP contribution in [0.15, 0.2) is 30.6 Å². The van der Waals surface area contributed by atoms with E-state index in [-0.39, 0.29) is 29.2 Å². The van der Waals surface area contributed by atoms with Crippen LogP contribution in [0.1, 0.15) is 44.7 Å². The average molecular weight is 475 g/mol. The summed E-state index contributed by atoms with van der Waals surface area (Å²) >= 11 is 0. The molecule has 0 bridgehead atoms. The van der Waals surface area contributed by atoms with Crippen LogP contribution in [0.4, 0.5) is 8.78 Å². The number of likely N-dealkylation sites (N-methyl/N-ethyl adjacent to an activating group) is 1. The van der Waals surface area contributed by atoms with Crippen molar-refractivity contribution in [1.82, 2.24) is 20.2 Å². The smallest absolute Gasteiger partial charge is 0.387 e. The highest BCUT2D eigenvalue weighted by Crippen LogP contribution is 2.37. The number of nitrogens with one attached hydrogen (secondary N) is 1. The summed E-state index contributed by atoms with van der Waals surface area (Å²) in [5, 5.41) is 2.78. The third-order valence-corrected chi connectivity index (χ3v) is 6.06. The van der Waals surface area contributed by atoms with Crippen molar-refractivity contribution in [3.8, 4) is 22.8 Å². The van der Waals surface area contributed by atoms with Crippen molar-refractivity contribution >= 4 is 11.8 Å². The largest absolute Gasteiger partial charge is 0.489 e. The lowest BCUT2D eigenvalue weighted by atomic mass is 10.0. The Labute approximate surface area is 196 Å². The molecule has 34 heavy (non-hydrogen) atoms. The van der Waals surface area contributed by atoms with E-state index < -0.39 is 12.7 Å². The number of amides is 2. The van der Waals surface area contributed by atoms with Crippen molar-refractivity contribution in [2.75, 3.05) is 19.7 Å². The minimum Gasteiger partial charge on any atom is -0.489 e. The minimum absolute atomic E-state index is 0.0267. The van der Waals surface area contributed by atoms with Gasteiger partial charge in [0.25, 0.3) is 0 Å². The van der Waals surface area contributed by atoms with E-state index in [1.54, 1.807) is 29.4 Å². The Balaban J connectivity index is 1.57. The Morgan fingerprint density at radius 3 is 2.71 bits per heavy atom. The zero-order chi connectivity index (χ0) is 24.2. The van der Waals surface area contributed by atoms with Gasteiger partial charge in [-0.2, -0.15) is 8.78 Å². The quantitative estimate of drug-likeness (QED) is 0.599. The number of nitrogens with zero attached hydrogens (tertiary/aromatic N) is 3. The molecule has 2 aromatic rings. The van der Waals surface area contributed by atoms with Gasteiger partial charge in [0, 0.05) is 37.7 Å². The van der Waals surface area contributed by atoms with Crippen LogP contribution in [-0.2, 0) is 9.59 Å². The summed E-state index contributed by atoms with van der Waals surface area (Å²) in [5.41, 5.74) is 1.83. The molecular weight excluding hydrogens is 446 g/mol. The molecule has 2 amide bonds. The highest BCUT2D eigenvalue weighted by atomic mass is 19.3. The summed E-state index contributed by atoms with van der Waals surface area (Å²) in [4.78, 5) is 35.2. The summed E-state index contributed by atoms with van der Waals surface area (Å²) in [6.45, 7) is 1.62. The lowest BCUT2D eigenvalue weighted by Gasteiger charge is -2.21. The van der Waals surface area contributed by atoms with Gasteiger partial charge in [0.05, 0.1) is 24.2 Å². The lowest BCUT2D eigenvalue weighted by molar-refractivity contribution is -0.136. The van der Waals surface area contributed by atoms with Crippen molar-refractivity contribution in [1.29, 1.82) is 0 Å². The van der Waals surface area contributed by atoms with Gasteiger partial charge in [-0.05, 0) is 50.3 Å². The molecular formula is C24H28F2N4O4. The molecule has 1 N–H and O–H groups in total. The predicted octanol–water partition coefficient (Wildman–Crippen LogP) is 3.37. The van der Waals surface area contributed by atoms with Gasteiger partial charge in [0.1, 0.15) is 6.04 Å². The van der Waals surface area contributed by atoms with Crippen molar-refractivity contribution in [3.63, 3.8) is 0 Å². The van der Waals surface area contributed by atoms with E-state index in [0.717, 1.165) is 12.8 Å². The Hall–Kier alpha value is -3.30. The van der Waals surface area contributed by atoms with Crippen LogP contribution in [0.2, 0.25) is 0 Å². The number of hydrogen-bond donors (Lipinski definition) is 1. The first-order chi connectivity index (χ1) is 16.4. The molecule has 10 heteroatoms. The maximum atomic E-state index is 12.8. The van der Waals surface area contributed by atoms with Crippen LogP contribution in [0.3, 0.4) is 0 Å². The summed E-state index contributed by atoms with van der Waals surface area (Å²) in [7, 11) is 0. The molecule has 4 rings (SSSR count). The number of likely N-dealkylation sites (tertiary alicyclic amines) is 1. The molecule has 1 aliphatic carbocycles. The van der Waals surface area contributed by atoms with Crippen molar-refractivity contribution in [2.45, 2.75) is 51.7 Å². The fourth-order valence-corrected chi connectivity index (χ4v) is 4.12. The third-order valence-electron chi connectivity index (χ3n) is 6.06. The van der Waals surface area contributed by atoms with Gasteiger partial charge in [-0.25, -0.2) is 4.98 Å². The fourth-order valence-electron chi connectivity index (χ4n) is 4.12. The van der Waals surface area contributed by atoms with Crippen molar-refractivity contribution < 1.29 is 27.8 Å². The number of hydrogen-bond acceptors (Lipinski definition) is 6. The predicted molar refractivity (Wildman–Crippen MR) is 120 cm³/mol. The number of rotatable bonds is 9. The molecule has 1 aromatic heterocycles. The number of benzene rings is 1.